The quantitative estimate of drug-likeness (QED) is 0.0261. The summed E-state index contributed by atoms with van der Waals surface area (Å²) in [4.78, 5) is 38.2. The maximum atomic E-state index is 12.9. The van der Waals surface area contributed by atoms with E-state index in [4.69, 9.17) is 14.2 Å². The van der Waals surface area contributed by atoms with Gasteiger partial charge in [0, 0.05) is 19.3 Å². The summed E-state index contributed by atoms with van der Waals surface area (Å²) in [5.41, 5.74) is 0. The molecule has 0 aliphatic heterocycles. The minimum absolute atomic E-state index is 0.138. The summed E-state index contributed by atoms with van der Waals surface area (Å²) in [5, 5.41) is 0. The summed E-state index contributed by atoms with van der Waals surface area (Å²) in [6, 6.07) is 0. The zero-order valence-electron chi connectivity index (χ0n) is 51.2. The first-order valence-corrected chi connectivity index (χ1v) is 31.6. The molecule has 0 radical (unpaired) electrons. The number of hydrogen-bond donors (Lipinski definition) is 0. The van der Waals surface area contributed by atoms with Crippen LogP contribution in [-0.2, 0) is 28.6 Å². The maximum Gasteiger partial charge on any atom is 0.306 e. The smallest absolute Gasteiger partial charge is 0.306 e. The Morgan fingerprint density at radius 3 is 0.802 bits per heavy atom. The second-order valence-electron chi connectivity index (χ2n) is 19.8. The van der Waals surface area contributed by atoms with Crippen LogP contribution in [0.4, 0.5) is 0 Å². The molecule has 0 aromatic carbocycles. The summed E-state index contributed by atoms with van der Waals surface area (Å²) in [5.74, 6) is -1.10. The molecular weight excluding hydrogens is 997 g/mol. The topological polar surface area (TPSA) is 78.9 Å². The molecule has 6 heteroatoms. The Hall–Kier alpha value is -6.01. The van der Waals surface area contributed by atoms with E-state index in [0.717, 1.165) is 141 Å². The molecule has 81 heavy (non-hydrogen) atoms. The van der Waals surface area contributed by atoms with Crippen molar-refractivity contribution in [1.29, 1.82) is 0 Å². The molecule has 0 rings (SSSR count). The van der Waals surface area contributed by atoms with Gasteiger partial charge in [-0.3, -0.25) is 14.4 Å². The Morgan fingerprint density at radius 1 is 0.247 bits per heavy atom. The lowest BCUT2D eigenvalue weighted by Gasteiger charge is -2.18. The van der Waals surface area contributed by atoms with E-state index < -0.39 is 12.1 Å². The fourth-order valence-corrected chi connectivity index (χ4v) is 7.68. The van der Waals surface area contributed by atoms with Gasteiger partial charge in [-0.2, -0.15) is 0 Å². The van der Waals surface area contributed by atoms with Crippen molar-refractivity contribution >= 4 is 17.9 Å². The molecule has 0 aromatic rings. The maximum absolute atomic E-state index is 12.9. The van der Waals surface area contributed by atoms with Gasteiger partial charge in [-0.1, -0.05) is 266 Å². The molecule has 448 valence electrons. The molecular formula is C75H112O6. The molecule has 0 fully saturated rings. The molecule has 1 atom stereocenters. The number of allylic oxidation sites excluding steroid dienone is 34. The number of esters is 3. The molecule has 0 amide bonds. The van der Waals surface area contributed by atoms with Gasteiger partial charge in [0.05, 0.1) is 0 Å². The van der Waals surface area contributed by atoms with Gasteiger partial charge in [-0.25, -0.2) is 0 Å². The standard InChI is InChI=1S/C75H112O6/c1-4-7-10-13-16-19-22-25-27-29-30-31-32-33-34-35-36-37-38-39-40-41-42-43-44-46-47-50-53-56-59-62-65-68-74(77)80-71-72(70-79-73(76)67-64-61-58-55-52-49-24-21-18-15-12-9-6-3)81-75(78)69-66-63-60-57-54-51-48-45-28-26-23-20-17-14-11-8-5-2/h7-12,16-21,25-28,30-31,33-34,36-37,39-40,42-43,48-49,51-52,57-58,60-61,72H,4-6,13-15,22-24,29,32,35,38,41,44-47,50,53-56,59,62-71H2,1-3H3/b10-7-,11-8-,12-9-,19-16-,20-17-,21-18-,27-25-,28-26-,31-30-,34-33-,37-36-,40-39-,43-42-,51-48-,52-49-,60-57-,61-58-. The van der Waals surface area contributed by atoms with Gasteiger partial charge in [0.1, 0.15) is 13.2 Å². The Morgan fingerprint density at radius 2 is 0.481 bits per heavy atom. The number of carbonyl (C=O) groups is 3. The monoisotopic (exact) mass is 1110 g/mol. The van der Waals surface area contributed by atoms with Gasteiger partial charge < -0.3 is 14.2 Å². The van der Waals surface area contributed by atoms with Gasteiger partial charge in [-0.15, -0.1) is 0 Å². The van der Waals surface area contributed by atoms with Crippen LogP contribution in [0.5, 0.6) is 0 Å². The third-order valence-electron chi connectivity index (χ3n) is 12.3. The summed E-state index contributed by atoms with van der Waals surface area (Å²) in [7, 11) is 0. The van der Waals surface area contributed by atoms with E-state index >= 15 is 0 Å². The fourth-order valence-electron chi connectivity index (χ4n) is 7.68. The van der Waals surface area contributed by atoms with Gasteiger partial charge in [-0.05, 0) is 148 Å². The lowest BCUT2D eigenvalue weighted by molar-refractivity contribution is -0.166. The first kappa shape index (κ1) is 75.0. The van der Waals surface area contributed by atoms with Crippen LogP contribution in [0.1, 0.15) is 226 Å². The van der Waals surface area contributed by atoms with Gasteiger partial charge in [0.2, 0.25) is 0 Å². The normalized spacial score (nSPS) is 13.6. The van der Waals surface area contributed by atoms with Crippen molar-refractivity contribution < 1.29 is 28.6 Å². The van der Waals surface area contributed by atoms with E-state index in [1.165, 1.54) is 32.1 Å². The largest absolute Gasteiger partial charge is 0.462 e. The molecule has 0 saturated carbocycles. The SMILES string of the molecule is CC/C=C\C/C=C\C/C=C\C/C=C\C/C=C\C/C=C\C/C=C\C/C=C\CCCCCCCCCCC(=O)OCC(COC(=O)CC/C=C\C/C=C\C/C=C\C/C=C\CC)OC(=O)CCC/C=C\C/C=C\C/C=C\C/C=C\C/C=C\CC. The first-order valence-electron chi connectivity index (χ1n) is 31.6. The Bertz CT molecular complexity index is 2000. The summed E-state index contributed by atoms with van der Waals surface area (Å²) >= 11 is 0. The molecule has 0 aliphatic rings. The highest BCUT2D eigenvalue weighted by Crippen LogP contribution is 2.13. The molecule has 0 aromatic heterocycles. The van der Waals surface area contributed by atoms with Crippen LogP contribution in [0.25, 0.3) is 0 Å². The van der Waals surface area contributed by atoms with Crippen LogP contribution in [-0.4, -0.2) is 37.2 Å². The third kappa shape index (κ3) is 64.7. The van der Waals surface area contributed by atoms with E-state index in [9.17, 15) is 14.4 Å². The first-order chi connectivity index (χ1) is 40.0. The van der Waals surface area contributed by atoms with E-state index in [1.54, 1.807) is 0 Å². The van der Waals surface area contributed by atoms with Crippen molar-refractivity contribution in [2.75, 3.05) is 13.2 Å². The van der Waals surface area contributed by atoms with Crippen molar-refractivity contribution in [3.8, 4) is 0 Å². The second kappa shape index (κ2) is 66.5. The second-order valence-corrected chi connectivity index (χ2v) is 19.8. The van der Waals surface area contributed by atoms with Crippen molar-refractivity contribution in [2.24, 2.45) is 0 Å². The Balaban J connectivity index is 4.42. The van der Waals surface area contributed by atoms with Gasteiger partial charge in [0.25, 0.3) is 0 Å². The summed E-state index contributed by atoms with van der Waals surface area (Å²) in [6.45, 7) is 6.15. The van der Waals surface area contributed by atoms with Crippen molar-refractivity contribution in [1.82, 2.24) is 0 Å². The average Bonchev–Trinajstić information content (AvgIpc) is 3.46. The third-order valence-corrected chi connectivity index (χ3v) is 12.3. The average molecular weight is 1110 g/mol. The molecule has 0 saturated heterocycles. The lowest BCUT2D eigenvalue weighted by Crippen LogP contribution is -2.30. The van der Waals surface area contributed by atoms with Crippen LogP contribution >= 0.6 is 0 Å². The molecule has 6 nitrogen and oxygen atoms in total. The fraction of sp³-hybridized carbons (Fsp3) is 0.507. The zero-order valence-corrected chi connectivity index (χ0v) is 51.2. The van der Waals surface area contributed by atoms with Crippen LogP contribution < -0.4 is 0 Å². The van der Waals surface area contributed by atoms with Crippen LogP contribution in [0.2, 0.25) is 0 Å². The van der Waals surface area contributed by atoms with Crippen LogP contribution in [0.3, 0.4) is 0 Å². The highest BCUT2D eigenvalue weighted by Gasteiger charge is 2.19. The number of unbranched alkanes of at least 4 members (excludes halogenated alkanes) is 9. The summed E-state index contributed by atoms with van der Waals surface area (Å²) in [6.07, 6.45) is 103. The number of rotatable bonds is 54. The highest BCUT2D eigenvalue weighted by atomic mass is 16.6. The summed E-state index contributed by atoms with van der Waals surface area (Å²) < 4.78 is 16.7. The Kier molecular flexibility index (Phi) is 61.6. The van der Waals surface area contributed by atoms with Crippen molar-refractivity contribution in [3.63, 3.8) is 0 Å². The predicted molar refractivity (Wildman–Crippen MR) is 352 cm³/mol. The minimum Gasteiger partial charge on any atom is -0.462 e. The van der Waals surface area contributed by atoms with E-state index in [2.05, 4.69) is 215 Å². The van der Waals surface area contributed by atoms with Crippen molar-refractivity contribution in [2.45, 2.75) is 232 Å². The number of carbonyl (C=O) groups excluding carboxylic acids is 3. The number of hydrogen-bond acceptors (Lipinski definition) is 6. The lowest BCUT2D eigenvalue weighted by atomic mass is 10.1. The molecule has 1 unspecified atom stereocenters. The van der Waals surface area contributed by atoms with Gasteiger partial charge in [0.15, 0.2) is 6.10 Å². The van der Waals surface area contributed by atoms with E-state index in [-0.39, 0.29) is 38.0 Å². The van der Waals surface area contributed by atoms with E-state index in [1.807, 2.05) is 12.2 Å². The predicted octanol–water partition coefficient (Wildman–Crippen LogP) is 22.0. The van der Waals surface area contributed by atoms with E-state index in [0.29, 0.717) is 19.3 Å². The molecule has 0 spiro atoms. The Labute approximate surface area is 496 Å². The van der Waals surface area contributed by atoms with Gasteiger partial charge >= 0.3 is 17.9 Å². The van der Waals surface area contributed by atoms with Crippen LogP contribution in [0.15, 0.2) is 207 Å². The molecule has 0 bridgehead atoms. The van der Waals surface area contributed by atoms with Crippen molar-refractivity contribution in [3.05, 3.63) is 207 Å². The molecule has 0 N–H and O–H groups in total. The van der Waals surface area contributed by atoms with Crippen LogP contribution in [0, 0.1) is 0 Å². The molecule has 0 heterocycles. The highest BCUT2D eigenvalue weighted by molar-refractivity contribution is 5.71. The zero-order chi connectivity index (χ0) is 58.5. The minimum atomic E-state index is -0.853. The molecule has 0 aliphatic carbocycles. The number of ether oxygens (including phenoxy) is 3.